The van der Waals surface area contributed by atoms with Crippen molar-refractivity contribution in [3.8, 4) is 0 Å². The van der Waals surface area contributed by atoms with Gasteiger partial charge in [-0.25, -0.2) is 0 Å². The lowest BCUT2D eigenvalue weighted by Crippen LogP contribution is -2.01. The van der Waals surface area contributed by atoms with Crippen LogP contribution in [0.1, 0.15) is 12.8 Å². The minimum Gasteiger partial charge on any atom is -0.0840 e. The summed E-state index contributed by atoms with van der Waals surface area (Å²) >= 11 is 6.23. The van der Waals surface area contributed by atoms with E-state index in [0.717, 1.165) is 11.0 Å². The second-order valence-electron chi connectivity index (χ2n) is 4.32. The molecule has 4 aliphatic rings. The summed E-state index contributed by atoms with van der Waals surface area (Å²) in [7, 11) is 0. The van der Waals surface area contributed by atoms with Gasteiger partial charge >= 0.3 is 0 Å². The third-order valence-corrected chi connectivity index (χ3v) is 4.09. The maximum Gasteiger partial charge on any atom is 0.0456 e. The minimum atomic E-state index is 0.681. The first-order valence-electron chi connectivity index (χ1n) is 4.90. The molecule has 0 N–H and O–H groups in total. The molecule has 4 rings (SSSR count). The zero-order valence-electron chi connectivity index (χ0n) is 7.18. The molecule has 0 amide bonds. The van der Waals surface area contributed by atoms with Crippen molar-refractivity contribution in [3.05, 3.63) is 45.6 Å². The lowest BCUT2D eigenvalue weighted by atomic mass is 9.91. The Labute approximate surface area is 82.3 Å². The van der Waals surface area contributed by atoms with Gasteiger partial charge in [0.05, 0.1) is 0 Å². The second kappa shape index (κ2) is 1.85. The van der Waals surface area contributed by atoms with Gasteiger partial charge in [-0.15, -0.1) is 0 Å². The summed E-state index contributed by atoms with van der Waals surface area (Å²) in [6, 6.07) is 0. The van der Waals surface area contributed by atoms with E-state index < -0.39 is 0 Å². The average molecular weight is 189 g/mol. The zero-order chi connectivity index (χ0) is 8.58. The summed E-state index contributed by atoms with van der Waals surface area (Å²) in [6.07, 6.45) is 9.58. The SMILES string of the molecule is ClC1=CC2=CC3CCC4C3=CC2=C14. The number of fused-ring (bicyclic) bond motifs is 1. The molecule has 0 nitrogen and oxygen atoms in total. The van der Waals surface area contributed by atoms with E-state index in [1.807, 2.05) is 0 Å². The van der Waals surface area contributed by atoms with Gasteiger partial charge in [0.1, 0.15) is 0 Å². The first-order chi connectivity index (χ1) is 6.34. The third-order valence-electron chi connectivity index (χ3n) is 3.78. The van der Waals surface area contributed by atoms with E-state index in [9.17, 15) is 0 Å². The summed E-state index contributed by atoms with van der Waals surface area (Å²) < 4.78 is 0. The standard InChI is InChI=1S/C12H9Cl/c13-11-4-7-3-6-1-2-8-9(6)5-10(7)12(8)11/h3-6,8H,1-2H2. The van der Waals surface area contributed by atoms with Crippen LogP contribution in [0.3, 0.4) is 0 Å². The van der Waals surface area contributed by atoms with E-state index in [-0.39, 0.29) is 0 Å². The molecule has 2 bridgehead atoms. The van der Waals surface area contributed by atoms with Gasteiger partial charge in [0.15, 0.2) is 0 Å². The van der Waals surface area contributed by atoms with Crippen molar-refractivity contribution in [1.29, 1.82) is 0 Å². The highest BCUT2D eigenvalue weighted by molar-refractivity contribution is 6.33. The van der Waals surface area contributed by atoms with Crippen LogP contribution in [0.25, 0.3) is 0 Å². The highest BCUT2D eigenvalue weighted by Crippen LogP contribution is 2.57. The van der Waals surface area contributed by atoms with Crippen molar-refractivity contribution in [2.75, 3.05) is 0 Å². The quantitative estimate of drug-likeness (QED) is 0.547. The van der Waals surface area contributed by atoms with Crippen LogP contribution in [0.15, 0.2) is 45.6 Å². The fraction of sp³-hybridized carbons (Fsp3) is 0.333. The molecule has 4 aliphatic carbocycles. The summed E-state index contributed by atoms with van der Waals surface area (Å²) in [6.45, 7) is 0. The lowest BCUT2D eigenvalue weighted by Gasteiger charge is -2.14. The van der Waals surface area contributed by atoms with Crippen LogP contribution < -0.4 is 0 Å². The van der Waals surface area contributed by atoms with Crippen molar-refractivity contribution >= 4 is 11.6 Å². The van der Waals surface area contributed by atoms with Gasteiger partial charge in [-0.2, -0.15) is 0 Å². The van der Waals surface area contributed by atoms with E-state index in [0.29, 0.717) is 5.92 Å². The van der Waals surface area contributed by atoms with Gasteiger partial charge in [-0.05, 0) is 41.6 Å². The van der Waals surface area contributed by atoms with Crippen LogP contribution in [0.5, 0.6) is 0 Å². The Kier molecular flexibility index (Phi) is 0.951. The molecule has 0 aromatic rings. The van der Waals surface area contributed by atoms with Crippen molar-refractivity contribution in [1.82, 2.24) is 0 Å². The average Bonchev–Trinajstić information content (AvgIpc) is 2.65. The second-order valence-corrected chi connectivity index (χ2v) is 4.73. The molecule has 0 saturated heterocycles. The molecule has 13 heavy (non-hydrogen) atoms. The Morgan fingerprint density at radius 2 is 2.15 bits per heavy atom. The fourth-order valence-corrected chi connectivity index (χ4v) is 3.60. The Balaban J connectivity index is 2.08. The molecule has 0 aromatic heterocycles. The van der Waals surface area contributed by atoms with E-state index in [2.05, 4.69) is 18.2 Å². The molecule has 0 aliphatic heterocycles. The molecule has 64 valence electrons. The molecule has 0 spiro atoms. The number of hydrogen-bond donors (Lipinski definition) is 0. The van der Waals surface area contributed by atoms with E-state index in [1.54, 1.807) is 5.57 Å². The van der Waals surface area contributed by atoms with Crippen molar-refractivity contribution in [2.24, 2.45) is 11.8 Å². The van der Waals surface area contributed by atoms with Crippen molar-refractivity contribution < 1.29 is 0 Å². The van der Waals surface area contributed by atoms with Crippen LogP contribution in [0.4, 0.5) is 0 Å². The summed E-state index contributed by atoms with van der Waals surface area (Å²) in [4.78, 5) is 0. The topological polar surface area (TPSA) is 0 Å². The van der Waals surface area contributed by atoms with Crippen LogP contribution in [-0.2, 0) is 0 Å². The highest BCUT2D eigenvalue weighted by atomic mass is 35.5. The van der Waals surface area contributed by atoms with Gasteiger partial charge in [0, 0.05) is 11.0 Å². The van der Waals surface area contributed by atoms with Crippen LogP contribution in [-0.4, -0.2) is 0 Å². The number of hydrogen-bond acceptors (Lipinski definition) is 0. The molecule has 0 heterocycles. The maximum atomic E-state index is 6.23. The molecule has 2 unspecified atom stereocenters. The van der Waals surface area contributed by atoms with Gasteiger partial charge in [0.2, 0.25) is 0 Å². The smallest absolute Gasteiger partial charge is 0.0456 e. The molecule has 0 radical (unpaired) electrons. The molecule has 2 atom stereocenters. The molecule has 1 saturated carbocycles. The maximum absolute atomic E-state index is 6.23. The zero-order valence-corrected chi connectivity index (χ0v) is 7.93. The van der Waals surface area contributed by atoms with Crippen LogP contribution >= 0.6 is 11.6 Å². The highest BCUT2D eigenvalue weighted by Gasteiger charge is 2.43. The van der Waals surface area contributed by atoms with E-state index in [4.69, 9.17) is 11.6 Å². The third kappa shape index (κ3) is 0.594. The Morgan fingerprint density at radius 1 is 1.23 bits per heavy atom. The Morgan fingerprint density at radius 3 is 3.08 bits per heavy atom. The fourth-order valence-electron chi connectivity index (χ4n) is 3.25. The van der Waals surface area contributed by atoms with E-state index in [1.165, 1.54) is 29.6 Å². The molecular formula is C12H9Cl. The van der Waals surface area contributed by atoms with Crippen molar-refractivity contribution in [2.45, 2.75) is 12.8 Å². The number of halogens is 1. The normalized spacial score (nSPS) is 38.1. The molecule has 1 heteroatoms. The molecule has 0 aromatic carbocycles. The van der Waals surface area contributed by atoms with Gasteiger partial charge in [-0.3, -0.25) is 0 Å². The first-order valence-corrected chi connectivity index (χ1v) is 5.28. The van der Waals surface area contributed by atoms with Gasteiger partial charge in [-0.1, -0.05) is 29.3 Å². The minimum absolute atomic E-state index is 0.681. The van der Waals surface area contributed by atoms with Crippen LogP contribution in [0.2, 0.25) is 0 Å². The van der Waals surface area contributed by atoms with Gasteiger partial charge in [0.25, 0.3) is 0 Å². The lowest BCUT2D eigenvalue weighted by molar-refractivity contribution is 0.719. The Bertz CT molecular complexity index is 446. The number of allylic oxidation sites excluding steroid dienone is 8. The summed E-state index contributed by atoms with van der Waals surface area (Å²) in [5.41, 5.74) is 5.89. The predicted molar refractivity (Wildman–Crippen MR) is 53.3 cm³/mol. The first kappa shape index (κ1) is 6.67. The molecule has 1 fully saturated rings. The molecular weight excluding hydrogens is 180 g/mol. The summed E-state index contributed by atoms with van der Waals surface area (Å²) in [5.74, 6) is 1.42. The van der Waals surface area contributed by atoms with Gasteiger partial charge < -0.3 is 0 Å². The van der Waals surface area contributed by atoms with Crippen LogP contribution in [0, 0.1) is 11.8 Å². The monoisotopic (exact) mass is 188 g/mol. The van der Waals surface area contributed by atoms with E-state index >= 15 is 0 Å². The predicted octanol–water partition coefficient (Wildman–Crippen LogP) is 3.33. The largest absolute Gasteiger partial charge is 0.0840 e. The number of rotatable bonds is 0. The summed E-state index contributed by atoms with van der Waals surface area (Å²) in [5, 5.41) is 0.998. The van der Waals surface area contributed by atoms with Crippen molar-refractivity contribution in [3.63, 3.8) is 0 Å². The Hall–Kier alpha value is -0.750.